The zero-order chi connectivity index (χ0) is 15.5. The Labute approximate surface area is 130 Å². The molecule has 0 saturated carbocycles. The normalized spacial score (nSPS) is 17.1. The van der Waals surface area contributed by atoms with E-state index in [9.17, 15) is 4.79 Å². The summed E-state index contributed by atoms with van der Waals surface area (Å²) in [6, 6.07) is 15.8. The molecule has 2 aromatic carbocycles. The van der Waals surface area contributed by atoms with Gasteiger partial charge in [0.15, 0.2) is 6.10 Å². The molecular weight excluding hydrogens is 276 g/mol. The molecule has 0 fully saturated rings. The molecule has 0 aromatic heterocycles. The van der Waals surface area contributed by atoms with E-state index in [-0.39, 0.29) is 5.91 Å². The minimum Gasteiger partial charge on any atom is -0.478 e. The smallest absolute Gasteiger partial charge is 0.268 e. The Morgan fingerprint density at radius 1 is 1.14 bits per heavy atom. The third kappa shape index (κ3) is 2.70. The number of benzene rings is 2. The maximum Gasteiger partial charge on any atom is 0.268 e. The highest BCUT2D eigenvalue weighted by Crippen LogP contribution is 2.36. The van der Waals surface area contributed by atoms with Gasteiger partial charge in [0.2, 0.25) is 0 Å². The van der Waals surface area contributed by atoms with Gasteiger partial charge in [0.25, 0.3) is 5.91 Å². The van der Waals surface area contributed by atoms with Crippen LogP contribution in [0.3, 0.4) is 0 Å². The van der Waals surface area contributed by atoms with Crippen molar-refractivity contribution in [3.05, 3.63) is 59.7 Å². The van der Waals surface area contributed by atoms with Gasteiger partial charge in [-0.25, -0.2) is 0 Å². The Morgan fingerprint density at radius 3 is 2.59 bits per heavy atom. The Bertz CT molecular complexity index is 670. The first kappa shape index (κ1) is 14.6. The van der Waals surface area contributed by atoms with Gasteiger partial charge in [0.1, 0.15) is 5.75 Å². The monoisotopic (exact) mass is 296 g/mol. The van der Waals surface area contributed by atoms with Crippen LogP contribution in [-0.4, -0.2) is 12.0 Å². The highest BCUT2D eigenvalue weighted by Gasteiger charge is 2.33. The van der Waals surface area contributed by atoms with Crippen molar-refractivity contribution in [1.29, 1.82) is 0 Å². The van der Waals surface area contributed by atoms with E-state index in [0.717, 1.165) is 22.6 Å². The topological polar surface area (TPSA) is 55.6 Å². The third-order valence-corrected chi connectivity index (χ3v) is 3.92. The van der Waals surface area contributed by atoms with Gasteiger partial charge in [-0.2, -0.15) is 0 Å². The number of carbonyl (C=O) groups is 1. The van der Waals surface area contributed by atoms with Crippen LogP contribution in [-0.2, 0) is 17.9 Å². The van der Waals surface area contributed by atoms with E-state index in [1.807, 2.05) is 60.4 Å². The van der Waals surface area contributed by atoms with Gasteiger partial charge in [-0.1, -0.05) is 43.3 Å². The first-order valence-corrected chi connectivity index (χ1v) is 7.58. The summed E-state index contributed by atoms with van der Waals surface area (Å²) in [4.78, 5) is 14.5. The zero-order valence-corrected chi connectivity index (χ0v) is 12.7. The van der Waals surface area contributed by atoms with E-state index in [1.54, 1.807) is 0 Å². The summed E-state index contributed by atoms with van der Waals surface area (Å²) in [5, 5.41) is 0. The Balaban J connectivity index is 1.98. The number of nitrogens with zero attached hydrogens (tertiary/aromatic N) is 1. The Morgan fingerprint density at radius 2 is 1.91 bits per heavy atom. The summed E-state index contributed by atoms with van der Waals surface area (Å²) in [6.45, 7) is 2.97. The lowest BCUT2D eigenvalue weighted by Gasteiger charge is -2.34. The molecule has 1 unspecified atom stereocenters. The van der Waals surface area contributed by atoms with Crippen molar-refractivity contribution in [3.8, 4) is 5.75 Å². The number of fused-ring (bicyclic) bond motifs is 1. The van der Waals surface area contributed by atoms with Gasteiger partial charge in [-0.3, -0.25) is 4.79 Å². The molecule has 1 heterocycles. The van der Waals surface area contributed by atoms with Gasteiger partial charge in [0, 0.05) is 6.54 Å². The van der Waals surface area contributed by atoms with Crippen LogP contribution in [0.4, 0.5) is 5.69 Å². The third-order valence-electron chi connectivity index (χ3n) is 3.92. The maximum absolute atomic E-state index is 12.7. The van der Waals surface area contributed by atoms with E-state index in [0.29, 0.717) is 19.5 Å². The molecule has 0 aliphatic carbocycles. The van der Waals surface area contributed by atoms with Crippen molar-refractivity contribution in [3.63, 3.8) is 0 Å². The van der Waals surface area contributed by atoms with Crippen LogP contribution in [0.25, 0.3) is 0 Å². The molecule has 1 atom stereocenters. The number of hydrogen-bond donors (Lipinski definition) is 1. The van der Waals surface area contributed by atoms with Crippen LogP contribution < -0.4 is 15.4 Å². The standard InChI is InChI=1S/C18H20N2O2/c1-2-16-18(21)20(12-13-6-4-3-5-7-13)15-9-8-14(11-19)10-17(15)22-16/h3-10,16H,2,11-12,19H2,1H3. The second-order valence-electron chi connectivity index (χ2n) is 5.43. The van der Waals surface area contributed by atoms with Crippen LogP contribution >= 0.6 is 0 Å². The molecule has 4 nitrogen and oxygen atoms in total. The van der Waals surface area contributed by atoms with Crippen LogP contribution in [0, 0.1) is 0 Å². The summed E-state index contributed by atoms with van der Waals surface area (Å²) in [5.74, 6) is 0.754. The first-order chi connectivity index (χ1) is 10.7. The summed E-state index contributed by atoms with van der Waals surface area (Å²) < 4.78 is 5.86. The summed E-state index contributed by atoms with van der Waals surface area (Å²) in [6.07, 6.45) is 0.223. The maximum atomic E-state index is 12.7. The fraction of sp³-hybridized carbons (Fsp3) is 0.278. The zero-order valence-electron chi connectivity index (χ0n) is 12.7. The van der Waals surface area contributed by atoms with Crippen LogP contribution in [0.15, 0.2) is 48.5 Å². The molecular formula is C18H20N2O2. The largest absolute Gasteiger partial charge is 0.478 e. The van der Waals surface area contributed by atoms with Crippen molar-refractivity contribution in [2.75, 3.05) is 4.90 Å². The average molecular weight is 296 g/mol. The molecule has 2 aromatic rings. The lowest BCUT2D eigenvalue weighted by molar-refractivity contribution is -0.126. The quantitative estimate of drug-likeness (QED) is 0.944. The molecule has 114 valence electrons. The number of hydrogen-bond acceptors (Lipinski definition) is 3. The van der Waals surface area contributed by atoms with Crippen LogP contribution in [0.5, 0.6) is 5.75 Å². The van der Waals surface area contributed by atoms with E-state index in [4.69, 9.17) is 10.5 Å². The van der Waals surface area contributed by atoms with Gasteiger partial charge in [-0.15, -0.1) is 0 Å². The minimum absolute atomic E-state index is 0.0133. The minimum atomic E-state index is -0.427. The molecule has 3 rings (SSSR count). The fourth-order valence-corrected chi connectivity index (χ4v) is 2.69. The van der Waals surface area contributed by atoms with Crippen molar-refractivity contribution < 1.29 is 9.53 Å². The highest BCUT2D eigenvalue weighted by atomic mass is 16.5. The first-order valence-electron chi connectivity index (χ1n) is 7.58. The highest BCUT2D eigenvalue weighted by molar-refractivity contribution is 6.00. The predicted octanol–water partition coefficient (Wildman–Crippen LogP) is 2.85. The van der Waals surface area contributed by atoms with E-state index in [2.05, 4.69) is 0 Å². The average Bonchev–Trinajstić information content (AvgIpc) is 2.57. The second-order valence-corrected chi connectivity index (χ2v) is 5.43. The molecule has 1 aliphatic heterocycles. The van der Waals surface area contributed by atoms with Gasteiger partial charge < -0.3 is 15.4 Å². The number of ether oxygens (including phenoxy) is 1. The van der Waals surface area contributed by atoms with Crippen molar-refractivity contribution >= 4 is 11.6 Å². The van der Waals surface area contributed by atoms with E-state index in [1.165, 1.54) is 0 Å². The number of anilines is 1. The Hall–Kier alpha value is -2.33. The molecule has 0 saturated heterocycles. The number of carbonyl (C=O) groups excluding carboxylic acids is 1. The van der Waals surface area contributed by atoms with Crippen molar-refractivity contribution in [1.82, 2.24) is 0 Å². The fourth-order valence-electron chi connectivity index (χ4n) is 2.69. The lowest BCUT2D eigenvalue weighted by Crippen LogP contribution is -2.45. The molecule has 2 N–H and O–H groups in total. The summed E-state index contributed by atoms with van der Waals surface area (Å²) >= 11 is 0. The van der Waals surface area contributed by atoms with E-state index >= 15 is 0 Å². The van der Waals surface area contributed by atoms with Gasteiger partial charge in [-0.05, 0) is 29.7 Å². The van der Waals surface area contributed by atoms with Gasteiger partial charge in [0.05, 0.1) is 12.2 Å². The lowest BCUT2D eigenvalue weighted by atomic mass is 10.1. The van der Waals surface area contributed by atoms with Crippen molar-refractivity contribution in [2.45, 2.75) is 32.5 Å². The molecule has 1 amide bonds. The number of nitrogens with two attached hydrogens (primary N) is 1. The summed E-state index contributed by atoms with van der Waals surface area (Å²) in [7, 11) is 0. The summed E-state index contributed by atoms with van der Waals surface area (Å²) in [5.41, 5.74) is 8.62. The molecule has 22 heavy (non-hydrogen) atoms. The molecule has 0 bridgehead atoms. The van der Waals surface area contributed by atoms with Crippen LogP contribution in [0.1, 0.15) is 24.5 Å². The molecule has 0 radical (unpaired) electrons. The predicted molar refractivity (Wildman–Crippen MR) is 86.7 cm³/mol. The SMILES string of the molecule is CCC1Oc2cc(CN)ccc2N(Cc2ccccc2)C1=O. The molecule has 4 heteroatoms. The van der Waals surface area contributed by atoms with E-state index < -0.39 is 6.10 Å². The van der Waals surface area contributed by atoms with Crippen LogP contribution in [0.2, 0.25) is 0 Å². The van der Waals surface area contributed by atoms with Crippen molar-refractivity contribution in [2.24, 2.45) is 5.73 Å². The Kier molecular flexibility index (Phi) is 4.11. The number of amides is 1. The second kappa shape index (κ2) is 6.20. The molecule has 1 aliphatic rings. The van der Waals surface area contributed by atoms with Gasteiger partial charge >= 0.3 is 0 Å². The number of rotatable bonds is 4. The molecule has 0 spiro atoms.